The Kier molecular flexibility index (Phi) is 4.92. The van der Waals surface area contributed by atoms with Gasteiger partial charge in [0.15, 0.2) is 0 Å². The summed E-state index contributed by atoms with van der Waals surface area (Å²) in [7, 11) is 0. The number of ether oxygens (including phenoxy) is 1. The monoisotopic (exact) mass is 346 g/mol. The molecule has 3 rings (SSSR count). The van der Waals surface area contributed by atoms with Crippen LogP contribution in [0.15, 0.2) is 12.4 Å². The minimum absolute atomic E-state index is 0.0598. The Morgan fingerprint density at radius 2 is 1.96 bits per heavy atom. The Morgan fingerprint density at radius 1 is 1.32 bits per heavy atom. The lowest BCUT2D eigenvalue weighted by Crippen LogP contribution is -2.49. The molecule has 1 atom stereocenters. The molecular weight excluding hydrogens is 320 g/mol. The second kappa shape index (κ2) is 6.98. The fourth-order valence-electron chi connectivity index (χ4n) is 3.62. The van der Waals surface area contributed by atoms with Crippen LogP contribution >= 0.6 is 0 Å². The van der Waals surface area contributed by atoms with Crippen molar-refractivity contribution in [2.75, 3.05) is 19.6 Å². The van der Waals surface area contributed by atoms with E-state index >= 15 is 0 Å². The van der Waals surface area contributed by atoms with Gasteiger partial charge in [-0.1, -0.05) is 13.3 Å². The van der Waals surface area contributed by atoms with Crippen molar-refractivity contribution in [2.24, 2.45) is 0 Å². The average molecular weight is 346 g/mol. The number of nitrogens with zero attached hydrogens (tertiary/aromatic N) is 4. The zero-order valence-corrected chi connectivity index (χ0v) is 15.2. The summed E-state index contributed by atoms with van der Waals surface area (Å²) in [5.41, 5.74) is 0.0581. The van der Waals surface area contributed by atoms with Crippen LogP contribution in [-0.2, 0) is 4.74 Å². The lowest BCUT2D eigenvalue weighted by atomic mass is 9.90. The van der Waals surface area contributed by atoms with Gasteiger partial charge in [-0.25, -0.2) is 14.8 Å². The van der Waals surface area contributed by atoms with Gasteiger partial charge in [-0.2, -0.15) is 0 Å². The first-order chi connectivity index (χ1) is 11.9. The third-order valence-corrected chi connectivity index (χ3v) is 5.23. The Hall–Kier alpha value is -2.18. The lowest BCUT2D eigenvalue weighted by Gasteiger charge is -2.37. The number of aromatic nitrogens is 2. The fourth-order valence-corrected chi connectivity index (χ4v) is 3.62. The standard InChI is InChI=1S/C18H26N4O3/c1-4-5-13(2)22-12-18(25-17(22)24)6-8-21(9-7-18)16(23)15-10-19-14(3)20-11-15/h10-11,13H,4-9,12H2,1-3H3/t13-/m1/s1. The van der Waals surface area contributed by atoms with Crippen molar-refractivity contribution in [1.82, 2.24) is 19.8 Å². The first-order valence-corrected chi connectivity index (χ1v) is 9.01. The van der Waals surface area contributed by atoms with E-state index < -0.39 is 5.60 Å². The molecule has 0 saturated carbocycles. The summed E-state index contributed by atoms with van der Waals surface area (Å²) in [4.78, 5) is 36.6. The Morgan fingerprint density at radius 3 is 2.56 bits per heavy atom. The molecule has 1 aromatic heterocycles. The summed E-state index contributed by atoms with van der Waals surface area (Å²) < 4.78 is 5.74. The minimum atomic E-state index is -0.445. The number of amides is 2. The van der Waals surface area contributed by atoms with Crippen LogP contribution in [0, 0.1) is 6.92 Å². The van der Waals surface area contributed by atoms with Crippen LogP contribution in [0.1, 0.15) is 55.7 Å². The van der Waals surface area contributed by atoms with Crippen molar-refractivity contribution in [2.45, 2.75) is 58.1 Å². The molecule has 0 aliphatic carbocycles. The number of rotatable bonds is 4. The fraction of sp³-hybridized carbons (Fsp3) is 0.667. The van der Waals surface area contributed by atoms with Crippen LogP contribution in [-0.4, -0.2) is 63.0 Å². The molecule has 0 bridgehead atoms. The number of hydrogen-bond donors (Lipinski definition) is 0. The average Bonchev–Trinajstić information content (AvgIpc) is 2.92. The first kappa shape index (κ1) is 17.6. The van der Waals surface area contributed by atoms with Gasteiger partial charge in [0.25, 0.3) is 5.91 Å². The van der Waals surface area contributed by atoms with E-state index in [2.05, 4.69) is 23.8 Å². The Labute approximate surface area is 148 Å². The van der Waals surface area contributed by atoms with Crippen LogP contribution in [0.4, 0.5) is 4.79 Å². The quantitative estimate of drug-likeness (QED) is 0.837. The van der Waals surface area contributed by atoms with Gasteiger partial charge < -0.3 is 14.5 Å². The molecule has 2 aliphatic heterocycles. The van der Waals surface area contributed by atoms with Crippen molar-refractivity contribution in [3.05, 3.63) is 23.8 Å². The van der Waals surface area contributed by atoms with Gasteiger partial charge in [-0.05, 0) is 20.3 Å². The van der Waals surface area contributed by atoms with Crippen LogP contribution < -0.4 is 0 Å². The Bertz CT molecular complexity index is 638. The SMILES string of the molecule is CCC[C@@H](C)N1CC2(CCN(C(=O)c3cnc(C)nc3)CC2)OC1=O. The van der Waals surface area contributed by atoms with Crippen LogP contribution in [0.2, 0.25) is 0 Å². The molecule has 136 valence electrons. The molecule has 0 N–H and O–H groups in total. The maximum atomic E-state index is 12.6. The highest BCUT2D eigenvalue weighted by Gasteiger charge is 2.48. The summed E-state index contributed by atoms with van der Waals surface area (Å²) in [5.74, 6) is 0.587. The van der Waals surface area contributed by atoms with Crippen molar-refractivity contribution >= 4 is 12.0 Å². The zero-order valence-electron chi connectivity index (χ0n) is 15.2. The zero-order chi connectivity index (χ0) is 18.0. The van der Waals surface area contributed by atoms with Gasteiger partial charge in [0.05, 0.1) is 12.1 Å². The Balaban J connectivity index is 1.61. The van der Waals surface area contributed by atoms with Gasteiger partial charge in [0.2, 0.25) is 0 Å². The molecule has 2 aliphatic rings. The van der Waals surface area contributed by atoms with Crippen LogP contribution in [0.3, 0.4) is 0 Å². The molecule has 1 aromatic rings. The van der Waals surface area contributed by atoms with Crippen molar-refractivity contribution in [3.63, 3.8) is 0 Å². The van der Waals surface area contributed by atoms with Crippen molar-refractivity contribution in [1.29, 1.82) is 0 Å². The number of piperidine rings is 1. The molecule has 0 aromatic carbocycles. The smallest absolute Gasteiger partial charge is 0.410 e. The van der Waals surface area contributed by atoms with E-state index in [0.717, 1.165) is 12.8 Å². The third-order valence-electron chi connectivity index (χ3n) is 5.23. The first-order valence-electron chi connectivity index (χ1n) is 9.01. The highest BCUT2D eigenvalue weighted by atomic mass is 16.6. The molecule has 7 nitrogen and oxygen atoms in total. The van der Waals surface area contributed by atoms with E-state index in [1.165, 1.54) is 0 Å². The van der Waals surface area contributed by atoms with E-state index in [1.807, 2.05) is 4.90 Å². The number of hydrogen-bond acceptors (Lipinski definition) is 5. The molecule has 3 heterocycles. The summed E-state index contributed by atoms with van der Waals surface area (Å²) in [6.07, 6.45) is 6.28. The van der Waals surface area contributed by atoms with Crippen LogP contribution in [0.5, 0.6) is 0 Å². The summed E-state index contributed by atoms with van der Waals surface area (Å²) >= 11 is 0. The second-order valence-corrected chi connectivity index (χ2v) is 7.13. The van der Waals surface area contributed by atoms with Gasteiger partial charge in [-0.3, -0.25) is 4.79 Å². The predicted octanol–water partition coefficient (Wildman–Crippen LogP) is 2.40. The van der Waals surface area contributed by atoms with E-state index in [4.69, 9.17) is 4.74 Å². The van der Waals surface area contributed by atoms with Gasteiger partial charge in [-0.15, -0.1) is 0 Å². The number of carbonyl (C=O) groups excluding carboxylic acids is 2. The number of likely N-dealkylation sites (tertiary alicyclic amines) is 1. The predicted molar refractivity (Wildman–Crippen MR) is 92.2 cm³/mol. The molecular formula is C18H26N4O3. The summed E-state index contributed by atoms with van der Waals surface area (Å²) in [6.45, 7) is 7.76. The normalized spacial score (nSPS) is 20.7. The highest BCUT2D eigenvalue weighted by Crippen LogP contribution is 2.35. The molecule has 1 spiro atoms. The maximum absolute atomic E-state index is 12.6. The van der Waals surface area contributed by atoms with Gasteiger partial charge in [0.1, 0.15) is 11.4 Å². The topological polar surface area (TPSA) is 75.6 Å². The van der Waals surface area contributed by atoms with E-state index in [0.29, 0.717) is 43.9 Å². The maximum Gasteiger partial charge on any atom is 0.410 e. The highest BCUT2D eigenvalue weighted by molar-refractivity contribution is 5.93. The molecule has 2 amide bonds. The number of carbonyl (C=O) groups is 2. The third kappa shape index (κ3) is 3.60. The van der Waals surface area contributed by atoms with E-state index in [9.17, 15) is 9.59 Å². The molecule has 0 unspecified atom stereocenters. The molecule has 0 radical (unpaired) electrons. The molecule has 7 heteroatoms. The van der Waals surface area contributed by atoms with E-state index in [1.54, 1.807) is 24.2 Å². The second-order valence-electron chi connectivity index (χ2n) is 7.13. The van der Waals surface area contributed by atoms with Gasteiger partial charge in [0, 0.05) is 44.4 Å². The number of aryl methyl sites for hydroxylation is 1. The molecule has 25 heavy (non-hydrogen) atoms. The summed E-state index contributed by atoms with van der Waals surface area (Å²) in [6, 6.07) is 0.196. The van der Waals surface area contributed by atoms with E-state index in [-0.39, 0.29) is 18.0 Å². The van der Waals surface area contributed by atoms with Gasteiger partial charge >= 0.3 is 6.09 Å². The lowest BCUT2D eigenvalue weighted by molar-refractivity contribution is 0.00304. The van der Waals surface area contributed by atoms with Crippen molar-refractivity contribution in [3.8, 4) is 0 Å². The molecule has 2 saturated heterocycles. The summed E-state index contributed by atoms with van der Waals surface area (Å²) in [5, 5.41) is 0. The molecule has 2 fully saturated rings. The largest absolute Gasteiger partial charge is 0.441 e. The minimum Gasteiger partial charge on any atom is -0.441 e. The van der Waals surface area contributed by atoms with Crippen molar-refractivity contribution < 1.29 is 14.3 Å². The van der Waals surface area contributed by atoms with Crippen LogP contribution in [0.25, 0.3) is 0 Å².